The molecule has 1 aliphatic heterocycles. The van der Waals surface area contributed by atoms with Crippen LogP contribution in [0.1, 0.15) is 0 Å². The summed E-state index contributed by atoms with van der Waals surface area (Å²) in [6.45, 7) is 0.823. The Morgan fingerprint density at radius 1 is 1.86 bits per heavy atom. The third-order valence-corrected chi connectivity index (χ3v) is 0.908. The van der Waals surface area contributed by atoms with Gasteiger partial charge < -0.3 is 5.32 Å². The van der Waals surface area contributed by atoms with Gasteiger partial charge in [-0.05, 0) is 0 Å². The van der Waals surface area contributed by atoms with Gasteiger partial charge in [0.05, 0.1) is 0 Å². The SMILES string of the molecule is SC1=CNCC=N1. The van der Waals surface area contributed by atoms with Crippen LogP contribution in [0.4, 0.5) is 0 Å². The van der Waals surface area contributed by atoms with Gasteiger partial charge in [0, 0.05) is 19.0 Å². The van der Waals surface area contributed by atoms with Crippen LogP contribution < -0.4 is 5.32 Å². The molecule has 1 N–H and O–H groups in total. The predicted octanol–water partition coefficient (Wildman–Crippen LogP) is 0.389. The van der Waals surface area contributed by atoms with E-state index in [-0.39, 0.29) is 0 Å². The van der Waals surface area contributed by atoms with Crippen molar-refractivity contribution in [3.05, 3.63) is 11.2 Å². The highest BCUT2D eigenvalue weighted by atomic mass is 32.1. The van der Waals surface area contributed by atoms with Gasteiger partial charge in [0.2, 0.25) is 0 Å². The Morgan fingerprint density at radius 2 is 2.71 bits per heavy atom. The van der Waals surface area contributed by atoms with E-state index < -0.39 is 0 Å². The highest BCUT2D eigenvalue weighted by Crippen LogP contribution is 1.99. The van der Waals surface area contributed by atoms with Crippen molar-refractivity contribution in [2.45, 2.75) is 0 Å². The maximum absolute atomic E-state index is 3.96. The first kappa shape index (κ1) is 4.71. The first-order valence-corrected chi connectivity index (χ1v) is 2.49. The van der Waals surface area contributed by atoms with Crippen molar-refractivity contribution in [2.24, 2.45) is 4.99 Å². The molecule has 0 aromatic heterocycles. The van der Waals surface area contributed by atoms with Gasteiger partial charge in [-0.1, -0.05) is 0 Å². The number of nitrogens with zero attached hydrogens (tertiary/aromatic N) is 1. The molecule has 0 atom stereocenters. The lowest BCUT2D eigenvalue weighted by molar-refractivity contribution is 1.000. The maximum Gasteiger partial charge on any atom is 0.108 e. The molecule has 0 fully saturated rings. The molecular weight excluding hydrogens is 108 g/mol. The van der Waals surface area contributed by atoms with Crippen LogP contribution in [-0.4, -0.2) is 12.8 Å². The van der Waals surface area contributed by atoms with Crippen molar-refractivity contribution in [1.82, 2.24) is 5.32 Å². The standard InChI is InChI=1S/C4H6N2S/c7-4-3-5-1-2-6-4/h2-3,5,7H,1H2. The molecular formula is C4H6N2S. The average molecular weight is 114 g/mol. The fraction of sp³-hybridized carbons (Fsp3) is 0.250. The zero-order valence-electron chi connectivity index (χ0n) is 3.76. The molecule has 38 valence electrons. The van der Waals surface area contributed by atoms with Crippen molar-refractivity contribution in [3.8, 4) is 0 Å². The highest BCUT2D eigenvalue weighted by Gasteiger charge is 1.86. The lowest BCUT2D eigenvalue weighted by atomic mass is 10.6. The van der Waals surface area contributed by atoms with Gasteiger partial charge in [0.15, 0.2) is 0 Å². The summed E-state index contributed by atoms with van der Waals surface area (Å²) in [5.41, 5.74) is 0. The summed E-state index contributed by atoms with van der Waals surface area (Å²) in [4.78, 5) is 3.87. The van der Waals surface area contributed by atoms with Crippen molar-refractivity contribution in [1.29, 1.82) is 0 Å². The van der Waals surface area contributed by atoms with Gasteiger partial charge in [-0.25, -0.2) is 0 Å². The van der Waals surface area contributed by atoms with E-state index in [0.717, 1.165) is 11.6 Å². The van der Waals surface area contributed by atoms with Crippen LogP contribution in [0.2, 0.25) is 0 Å². The minimum absolute atomic E-state index is 0.742. The van der Waals surface area contributed by atoms with E-state index in [2.05, 4.69) is 22.9 Å². The first-order chi connectivity index (χ1) is 3.39. The summed E-state index contributed by atoms with van der Waals surface area (Å²) in [6.07, 6.45) is 3.55. The lowest BCUT2D eigenvalue weighted by Crippen LogP contribution is -2.11. The molecule has 1 rings (SSSR count). The smallest absolute Gasteiger partial charge is 0.108 e. The normalized spacial score (nSPS) is 18.1. The molecule has 0 radical (unpaired) electrons. The van der Waals surface area contributed by atoms with Crippen LogP contribution in [0.15, 0.2) is 16.2 Å². The average Bonchev–Trinajstić information content (AvgIpc) is 1.69. The second kappa shape index (κ2) is 2.02. The predicted molar refractivity (Wildman–Crippen MR) is 33.6 cm³/mol. The number of rotatable bonds is 0. The molecule has 0 bridgehead atoms. The second-order valence-electron chi connectivity index (χ2n) is 1.22. The summed E-state index contributed by atoms with van der Waals surface area (Å²) in [6, 6.07) is 0. The largest absolute Gasteiger partial charge is 0.384 e. The van der Waals surface area contributed by atoms with E-state index in [0.29, 0.717) is 0 Å². The summed E-state index contributed by atoms with van der Waals surface area (Å²) < 4.78 is 0. The van der Waals surface area contributed by atoms with Gasteiger partial charge in [-0.2, -0.15) is 0 Å². The summed E-state index contributed by atoms with van der Waals surface area (Å²) in [5, 5.41) is 3.69. The van der Waals surface area contributed by atoms with E-state index in [9.17, 15) is 0 Å². The lowest BCUT2D eigenvalue weighted by Gasteiger charge is -1.99. The highest BCUT2D eigenvalue weighted by molar-refractivity contribution is 7.84. The zero-order valence-corrected chi connectivity index (χ0v) is 4.65. The van der Waals surface area contributed by atoms with Gasteiger partial charge in [-0.3, -0.25) is 4.99 Å². The Kier molecular flexibility index (Phi) is 1.36. The minimum atomic E-state index is 0.742. The third-order valence-electron chi connectivity index (χ3n) is 0.664. The summed E-state index contributed by atoms with van der Waals surface area (Å²) in [5.74, 6) is 0. The number of thiol groups is 1. The van der Waals surface area contributed by atoms with Gasteiger partial charge in [0.1, 0.15) is 5.03 Å². The molecule has 1 aliphatic rings. The van der Waals surface area contributed by atoms with Crippen molar-refractivity contribution >= 4 is 18.8 Å². The van der Waals surface area contributed by atoms with Crippen LogP contribution in [-0.2, 0) is 0 Å². The quantitative estimate of drug-likeness (QED) is 0.437. The van der Waals surface area contributed by atoms with E-state index in [1.54, 1.807) is 12.4 Å². The maximum atomic E-state index is 3.96. The summed E-state index contributed by atoms with van der Waals surface area (Å²) >= 11 is 3.96. The van der Waals surface area contributed by atoms with Crippen molar-refractivity contribution < 1.29 is 0 Å². The number of nitrogens with one attached hydrogen (secondary N) is 1. The number of aliphatic imine (C=N–C) groups is 1. The molecule has 0 aromatic rings. The monoisotopic (exact) mass is 114 g/mol. The molecule has 7 heavy (non-hydrogen) atoms. The molecule has 0 amide bonds. The Balaban J connectivity index is 2.58. The Labute approximate surface area is 47.7 Å². The van der Waals surface area contributed by atoms with E-state index in [1.807, 2.05) is 0 Å². The van der Waals surface area contributed by atoms with Crippen LogP contribution in [0.5, 0.6) is 0 Å². The minimum Gasteiger partial charge on any atom is -0.384 e. The Hall–Kier alpha value is -0.440. The molecule has 0 unspecified atom stereocenters. The van der Waals surface area contributed by atoms with E-state index in [4.69, 9.17) is 0 Å². The van der Waals surface area contributed by atoms with Crippen molar-refractivity contribution in [2.75, 3.05) is 6.54 Å². The van der Waals surface area contributed by atoms with Crippen LogP contribution in [0.3, 0.4) is 0 Å². The molecule has 0 aromatic carbocycles. The fourth-order valence-electron chi connectivity index (χ4n) is 0.379. The van der Waals surface area contributed by atoms with Crippen LogP contribution >= 0.6 is 12.6 Å². The Bertz CT molecular complexity index is 117. The Morgan fingerprint density at radius 3 is 3.00 bits per heavy atom. The van der Waals surface area contributed by atoms with Crippen LogP contribution in [0, 0.1) is 0 Å². The molecule has 0 saturated carbocycles. The second-order valence-corrected chi connectivity index (χ2v) is 1.68. The molecule has 0 aliphatic carbocycles. The fourth-order valence-corrected chi connectivity index (χ4v) is 0.552. The zero-order chi connectivity index (χ0) is 5.11. The third kappa shape index (κ3) is 1.23. The van der Waals surface area contributed by atoms with Gasteiger partial charge in [0.25, 0.3) is 0 Å². The van der Waals surface area contributed by atoms with Crippen molar-refractivity contribution in [3.63, 3.8) is 0 Å². The molecule has 3 heteroatoms. The van der Waals surface area contributed by atoms with Gasteiger partial charge >= 0.3 is 0 Å². The van der Waals surface area contributed by atoms with E-state index >= 15 is 0 Å². The number of hydrogen-bond acceptors (Lipinski definition) is 3. The first-order valence-electron chi connectivity index (χ1n) is 2.04. The number of hydrogen-bond donors (Lipinski definition) is 2. The molecule has 1 heterocycles. The topological polar surface area (TPSA) is 24.4 Å². The van der Waals surface area contributed by atoms with E-state index in [1.165, 1.54) is 0 Å². The molecule has 0 saturated heterocycles. The molecule has 2 nitrogen and oxygen atoms in total. The molecule has 0 spiro atoms. The summed E-state index contributed by atoms with van der Waals surface area (Å²) in [7, 11) is 0. The van der Waals surface area contributed by atoms with Gasteiger partial charge in [-0.15, -0.1) is 12.6 Å². The van der Waals surface area contributed by atoms with Crippen LogP contribution in [0.25, 0.3) is 0 Å².